The van der Waals surface area contributed by atoms with Gasteiger partial charge in [0.05, 0.1) is 20.3 Å². The zero-order valence-electron chi connectivity index (χ0n) is 16.0. The van der Waals surface area contributed by atoms with Crippen molar-refractivity contribution in [2.75, 3.05) is 27.4 Å². The summed E-state index contributed by atoms with van der Waals surface area (Å²) >= 11 is 0. The molecule has 1 amide bonds. The third-order valence-electron chi connectivity index (χ3n) is 5.00. The van der Waals surface area contributed by atoms with E-state index in [1.165, 1.54) is 0 Å². The molecule has 1 aliphatic heterocycles. The Balaban J connectivity index is 1.68. The van der Waals surface area contributed by atoms with Gasteiger partial charge in [-0.05, 0) is 54.8 Å². The smallest absolute Gasteiger partial charge is 0.261 e. The van der Waals surface area contributed by atoms with Crippen molar-refractivity contribution >= 4 is 5.91 Å². The van der Waals surface area contributed by atoms with E-state index in [-0.39, 0.29) is 18.6 Å². The average Bonchev–Trinajstić information content (AvgIpc) is 2.98. The van der Waals surface area contributed by atoms with Gasteiger partial charge in [0, 0.05) is 6.54 Å². The number of benzene rings is 2. The highest BCUT2D eigenvalue weighted by molar-refractivity contribution is 5.78. The first-order chi connectivity index (χ1) is 13.2. The van der Waals surface area contributed by atoms with E-state index in [0.717, 1.165) is 49.3 Å². The first-order valence-corrected chi connectivity index (χ1v) is 9.41. The van der Waals surface area contributed by atoms with Crippen LogP contribution in [0.15, 0.2) is 48.5 Å². The van der Waals surface area contributed by atoms with Crippen LogP contribution < -0.4 is 14.2 Å². The van der Waals surface area contributed by atoms with Gasteiger partial charge in [0.1, 0.15) is 17.2 Å². The summed E-state index contributed by atoms with van der Waals surface area (Å²) in [5.74, 6) is 2.28. The van der Waals surface area contributed by atoms with E-state index in [9.17, 15) is 4.79 Å². The molecule has 1 heterocycles. The molecular weight excluding hydrogens is 342 g/mol. The van der Waals surface area contributed by atoms with Crippen molar-refractivity contribution in [2.45, 2.75) is 31.7 Å². The largest absolute Gasteiger partial charge is 0.497 e. The average molecular weight is 369 g/mol. The number of nitrogens with zero attached hydrogens (tertiary/aromatic N) is 1. The van der Waals surface area contributed by atoms with Crippen molar-refractivity contribution in [2.24, 2.45) is 0 Å². The van der Waals surface area contributed by atoms with Gasteiger partial charge in [-0.2, -0.15) is 0 Å². The van der Waals surface area contributed by atoms with Crippen molar-refractivity contribution < 1.29 is 19.0 Å². The maximum Gasteiger partial charge on any atom is 0.261 e. The Morgan fingerprint density at radius 3 is 2.11 bits per heavy atom. The first kappa shape index (κ1) is 19.1. The summed E-state index contributed by atoms with van der Waals surface area (Å²) in [4.78, 5) is 14.9. The molecule has 1 saturated heterocycles. The molecule has 5 nitrogen and oxygen atoms in total. The van der Waals surface area contributed by atoms with E-state index >= 15 is 0 Å². The van der Waals surface area contributed by atoms with Crippen molar-refractivity contribution in [1.29, 1.82) is 0 Å². The second-order valence-electron chi connectivity index (χ2n) is 6.69. The predicted octanol–water partition coefficient (Wildman–Crippen LogP) is 4.23. The molecule has 2 aromatic rings. The van der Waals surface area contributed by atoms with Crippen molar-refractivity contribution in [3.05, 3.63) is 54.1 Å². The molecule has 0 N–H and O–H groups in total. The molecule has 0 spiro atoms. The highest BCUT2D eigenvalue weighted by Gasteiger charge is 2.27. The minimum atomic E-state index is 0.0218. The molecule has 5 heteroatoms. The van der Waals surface area contributed by atoms with Gasteiger partial charge in [-0.25, -0.2) is 0 Å². The SMILES string of the molecule is COc1ccc(OCC(=O)N2CCCCCC2c2ccc(OC)cc2)cc1. The molecule has 0 aliphatic carbocycles. The van der Waals surface area contributed by atoms with Gasteiger partial charge in [-0.15, -0.1) is 0 Å². The van der Waals surface area contributed by atoms with Gasteiger partial charge in [-0.1, -0.05) is 25.0 Å². The van der Waals surface area contributed by atoms with E-state index in [2.05, 4.69) is 12.1 Å². The minimum Gasteiger partial charge on any atom is -0.497 e. The lowest BCUT2D eigenvalue weighted by atomic mass is 10.0. The molecule has 144 valence electrons. The Kier molecular flexibility index (Phi) is 6.58. The molecule has 0 bridgehead atoms. The summed E-state index contributed by atoms with van der Waals surface area (Å²) in [6, 6.07) is 15.4. The van der Waals surface area contributed by atoms with Gasteiger partial charge < -0.3 is 19.1 Å². The number of rotatable bonds is 6. The summed E-state index contributed by atoms with van der Waals surface area (Å²) in [5, 5.41) is 0. The summed E-state index contributed by atoms with van der Waals surface area (Å²) in [7, 11) is 3.28. The fourth-order valence-electron chi connectivity index (χ4n) is 3.48. The second-order valence-corrected chi connectivity index (χ2v) is 6.69. The number of carbonyl (C=O) groups is 1. The summed E-state index contributed by atoms with van der Waals surface area (Å²) in [5.41, 5.74) is 1.15. The van der Waals surface area contributed by atoms with Crippen molar-refractivity contribution in [3.8, 4) is 17.2 Å². The van der Waals surface area contributed by atoms with Crippen LogP contribution in [-0.2, 0) is 4.79 Å². The second kappa shape index (κ2) is 9.31. The molecule has 1 fully saturated rings. The van der Waals surface area contributed by atoms with E-state index in [1.807, 2.05) is 41.3 Å². The number of amides is 1. The van der Waals surface area contributed by atoms with Crippen LogP contribution in [0.2, 0.25) is 0 Å². The number of methoxy groups -OCH3 is 2. The monoisotopic (exact) mass is 369 g/mol. The van der Waals surface area contributed by atoms with Crippen LogP contribution in [0.5, 0.6) is 17.2 Å². The van der Waals surface area contributed by atoms with Crippen molar-refractivity contribution in [1.82, 2.24) is 4.90 Å². The van der Waals surface area contributed by atoms with Crippen LogP contribution in [0.3, 0.4) is 0 Å². The molecule has 0 radical (unpaired) electrons. The molecule has 0 saturated carbocycles. The third-order valence-corrected chi connectivity index (χ3v) is 5.00. The lowest BCUT2D eigenvalue weighted by Crippen LogP contribution is -2.38. The topological polar surface area (TPSA) is 48.0 Å². The molecular formula is C22H27NO4. The van der Waals surface area contributed by atoms with Crippen LogP contribution in [-0.4, -0.2) is 38.2 Å². The molecule has 3 rings (SSSR count). The summed E-state index contributed by atoms with van der Waals surface area (Å²) in [6.07, 6.45) is 4.27. The summed E-state index contributed by atoms with van der Waals surface area (Å²) in [6.45, 7) is 0.806. The molecule has 0 aromatic heterocycles. The molecule has 2 aromatic carbocycles. The lowest BCUT2D eigenvalue weighted by molar-refractivity contribution is -0.135. The number of ether oxygens (including phenoxy) is 3. The fraction of sp³-hybridized carbons (Fsp3) is 0.409. The van der Waals surface area contributed by atoms with Crippen LogP contribution in [0.4, 0.5) is 0 Å². The van der Waals surface area contributed by atoms with Gasteiger partial charge in [-0.3, -0.25) is 4.79 Å². The molecule has 1 atom stereocenters. The quantitative estimate of drug-likeness (QED) is 0.765. The van der Waals surface area contributed by atoms with Crippen LogP contribution in [0.1, 0.15) is 37.3 Å². The first-order valence-electron chi connectivity index (χ1n) is 9.41. The maximum absolute atomic E-state index is 12.9. The zero-order valence-corrected chi connectivity index (χ0v) is 16.0. The molecule has 1 unspecified atom stereocenters. The number of hydrogen-bond acceptors (Lipinski definition) is 4. The highest BCUT2D eigenvalue weighted by Crippen LogP contribution is 2.31. The maximum atomic E-state index is 12.9. The predicted molar refractivity (Wildman–Crippen MR) is 104 cm³/mol. The third kappa shape index (κ3) is 4.94. The number of likely N-dealkylation sites (tertiary alicyclic amines) is 1. The van der Waals surface area contributed by atoms with Crippen molar-refractivity contribution in [3.63, 3.8) is 0 Å². The van der Waals surface area contributed by atoms with Gasteiger partial charge in [0.15, 0.2) is 6.61 Å². The van der Waals surface area contributed by atoms with Crippen LogP contribution in [0, 0.1) is 0 Å². The van der Waals surface area contributed by atoms with E-state index < -0.39 is 0 Å². The Morgan fingerprint density at radius 1 is 0.889 bits per heavy atom. The Labute approximate surface area is 160 Å². The zero-order chi connectivity index (χ0) is 19.1. The van der Waals surface area contributed by atoms with Crippen LogP contribution >= 0.6 is 0 Å². The van der Waals surface area contributed by atoms with E-state index in [4.69, 9.17) is 14.2 Å². The fourth-order valence-corrected chi connectivity index (χ4v) is 3.48. The summed E-state index contributed by atoms with van der Waals surface area (Å²) < 4.78 is 16.1. The van der Waals surface area contributed by atoms with E-state index in [0.29, 0.717) is 5.75 Å². The number of carbonyl (C=O) groups excluding carboxylic acids is 1. The van der Waals surface area contributed by atoms with Crippen LogP contribution in [0.25, 0.3) is 0 Å². The molecule has 1 aliphatic rings. The lowest BCUT2D eigenvalue weighted by Gasteiger charge is -2.30. The normalized spacial score (nSPS) is 17.1. The highest BCUT2D eigenvalue weighted by atomic mass is 16.5. The number of hydrogen-bond donors (Lipinski definition) is 0. The van der Waals surface area contributed by atoms with Gasteiger partial charge in [0.2, 0.25) is 0 Å². The minimum absolute atomic E-state index is 0.0218. The Bertz CT molecular complexity index is 727. The standard InChI is InChI=1S/C22H27NO4/c1-25-18-9-7-17(8-10-18)21-6-4-3-5-15-23(21)22(24)16-27-20-13-11-19(26-2)12-14-20/h7-14,21H,3-6,15-16H2,1-2H3. The van der Waals surface area contributed by atoms with Gasteiger partial charge in [0.25, 0.3) is 5.91 Å². The van der Waals surface area contributed by atoms with Gasteiger partial charge >= 0.3 is 0 Å². The Morgan fingerprint density at radius 2 is 1.48 bits per heavy atom. The Hall–Kier alpha value is -2.69. The molecule has 27 heavy (non-hydrogen) atoms. The van der Waals surface area contributed by atoms with E-state index in [1.54, 1.807) is 14.2 Å².